The fraction of sp³-hybridized carbons (Fsp3) is 0.321. The first-order valence-electron chi connectivity index (χ1n) is 12.2. The summed E-state index contributed by atoms with van der Waals surface area (Å²) >= 11 is 0. The largest absolute Gasteiger partial charge is 0.416 e. The lowest BCUT2D eigenvalue weighted by Crippen LogP contribution is -2.53. The highest BCUT2D eigenvalue weighted by molar-refractivity contribution is 6.12. The van der Waals surface area contributed by atoms with Crippen molar-refractivity contribution >= 4 is 23.4 Å². The second-order valence-electron chi connectivity index (χ2n) is 9.53. The van der Waals surface area contributed by atoms with Crippen molar-refractivity contribution in [3.8, 4) is 12.1 Å². The van der Waals surface area contributed by atoms with E-state index in [1.54, 1.807) is 0 Å². The van der Waals surface area contributed by atoms with E-state index in [0.717, 1.165) is 35.9 Å². The van der Waals surface area contributed by atoms with Crippen molar-refractivity contribution < 1.29 is 27.6 Å². The van der Waals surface area contributed by atoms with E-state index in [9.17, 15) is 32.8 Å². The highest BCUT2D eigenvalue weighted by atomic mass is 19.4. The Morgan fingerprint density at radius 3 is 2.31 bits per heavy atom. The van der Waals surface area contributed by atoms with E-state index in [-0.39, 0.29) is 23.0 Å². The predicted molar refractivity (Wildman–Crippen MR) is 133 cm³/mol. The average molecular weight is 536 g/mol. The normalized spacial score (nSPS) is 20.1. The number of allylic oxidation sites excluding steroid dienone is 2. The number of nitrogens with zero attached hydrogens (tertiary/aromatic N) is 3. The van der Waals surface area contributed by atoms with E-state index >= 15 is 0 Å². The smallest absolute Gasteiger partial charge is 0.352 e. The minimum atomic E-state index is -4.68. The molecule has 11 heteroatoms. The number of halogens is 3. The summed E-state index contributed by atoms with van der Waals surface area (Å²) in [6, 6.07) is 13.1. The number of benzene rings is 2. The van der Waals surface area contributed by atoms with Gasteiger partial charge in [-0.3, -0.25) is 19.3 Å². The molecule has 8 nitrogen and oxygen atoms in total. The van der Waals surface area contributed by atoms with Crippen molar-refractivity contribution in [3.63, 3.8) is 0 Å². The number of nitriles is 2. The molecular weight excluding hydrogens is 511 g/mol. The SMILES string of the molecule is CC1=C(C#N)C(c2ccc(C#N)cc2)C(C(=O)N[C@@H](C)C(=O)NC2CC2)C(=O)N1c1cccc(C(F)(F)F)c1. The highest BCUT2D eigenvalue weighted by Gasteiger charge is 2.47. The maximum absolute atomic E-state index is 13.9. The van der Waals surface area contributed by atoms with Gasteiger partial charge in [0.1, 0.15) is 12.0 Å². The quantitative estimate of drug-likeness (QED) is 0.543. The monoisotopic (exact) mass is 535 g/mol. The molecule has 0 saturated heterocycles. The molecule has 0 spiro atoms. The van der Waals surface area contributed by atoms with Crippen LogP contribution in [0.5, 0.6) is 0 Å². The van der Waals surface area contributed by atoms with Crippen molar-refractivity contribution in [1.82, 2.24) is 10.6 Å². The minimum absolute atomic E-state index is 0.00745. The van der Waals surface area contributed by atoms with Gasteiger partial charge in [-0.1, -0.05) is 18.2 Å². The number of hydrogen-bond donors (Lipinski definition) is 2. The van der Waals surface area contributed by atoms with Gasteiger partial charge in [0.15, 0.2) is 0 Å². The number of nitrogens with one attached hydrogen (secondary N) is 2. The number of hydrogen-bond acceptors (Lipinski definition) is 5. The summed E-state index contributed by atoms with van der Waals surface area (Å²) in [5, 5.41) is 24.6. The van der Waals surface area contributed by atoms with Crippen LogP contribution in [0.1, 0.15) is 49.3 Å². The van der Waals surface area contributed by atoms with Crippen LogP contribution in [-0.2, 0) is 20.6 Å². The van der Waals surface area contributed by atoms with E-state index in [0.29, 0.717) is 11.1 Å². The highest BCUT2D eigenvalue weighted by Crippen LogP contribution is 2.43. The Hall–Kier alpha value is -4.64. The van der Waals surface area contributed by atoms with Gasteiger partial charge in [0, 0.05) is 23.3 Å². The first-order chi connectivity index (χ1) is 18.5. The van der Waals surface area contributed by atoms with E-state index in [1.807, 2.05) is 12.1 Å². The van der Waals surface area contributed by atoms with Gasteiger partial charge in [0.25, 0.3) is 0 Å². The van der Waals surface area contributed by atoms with Gasteiger partial charge in [-0.05, 0) is 62.6 Å². The molecule has 1 fully saturated rings. The fourth-order valence-electron chi connectivity index (χ4n) is 4.56. The third-order valence-corrected chi connectivity index (χ3v) is 6.77. The van der Waals surface area contributed by atoms with Gasteiger partial charge in [0.2, 0.25) is 17.7 Å². The average Bonchev–Trinajstić information content (AvgIpc) is 3.72. The van der Waals surface area contributed by atoms with Crippen molar-refractivity contribution in [2.24, 2.45) is 5.92 Å². The molecule has 2 unspecified atom stereocenters. The molecule has 200 valence electrons. The van der Waals surface area contributed by atoms with Crippen LogP contribution in [0.25, 0.3) is 0 Å². The zero-order valence-corrected chi connectivity index (χ0v) is 21.0. The lowest BCUT2D eigenvalue weighted by atomic mass is 9.75. The number of carbonyl (C=O) groups excluding carboxylic acids is 3. The summed E-state index contributed by atoms with van der Waals surface area (Å²) in [4.78, 5) is 41.0. The Morgan fingerprint density at radius 2 is 1.74 bits per heavy atom. The predicted octanol–water partition coefficient (Wildman–Crippen LogP) is 3.90. The molecule has 2 N–H and O–H groups in total. The van der Waals surface area contributed by atoms with Crippen LogP contribution in [0, 0.1) is 28.6 Å². The standard InChI is InChI=1S/C28H24F3N5O3/c1-15(25(37)35-20-10-11-20)34-26(38)24-23(18-8-6-17(13-32)7-9-18)22(14-33)16(2)36(27(24)39)21-5-3-4-19(12-21)28(29,30)31/h3-9,12,15,20,23-24H,10-11H2,1-2H3,(H,34,38)(H,35,37)/t15-,23?,24?/m0/s1. The Morgan fingerprint density at radius 1 is 1.08 bits per heavy atom. The van der Waals surface area contributed by atoms with E-state index in [1.165, 1.54) is 44.2 Å². The number of amides is 3. The summed E-state index contributed by atoms with van der Waals surface area (Å²) < 4.78 is 40.3. The van der Waals surface area contributed by atoms with Gasteiger partial charge in [-0.25, -0.2) is 0 Å². The van der Waals surface area contributed by atoms with Gasteiger partial charge in [0.05, 0.1) is 28.8 Å². The van der Waals surface area contributed by atoms with Crippen molar-refractivity contribution in [2.45, 2.75) is 50.9 Å². The number of carbonyl (C=O) groups is 3. The fourth-order valence-corrected chi connectivity index (χ4v) is 4.56. The van der Waals surface area contributed by atoms with Crippen LogP contribution < -0.4 is 15.5 Å². The van der Waals surface area contributed by atoms with E-state index in [4.69, 9.17) is 5.26 Å². The second kappa shape index (κ2) is 10.6. The lowest BCUT2D eigenvalue weighted by molar-refractivity contribution is -0.138. The number of anilines is 1. The van der Waals surface area contributed by atoms with Crippen LogP contribution in [0.15, 0.2) is 59.8 Å². The summed E-state index contributed by atoms with van der Waals surface area (Å²) in [5.74, 6) is -4.83. The molecule has 39 heavy (non-hydrogen) atoms. The molecular formula is C28H24F3N5O3. The van der Waals surface area contributed by atoms with Crippen molar-refractivity contribution in [1.29, 1.82) is 10.5 Å². The van der Waals surface area contributed by atoms with Crippen LogP contribution in [-0.4, -0.2) is 29.8 Å². The topological polar surface area (TPSA) is 126 Å². The molecule has 1 heterocycles. The zero-order chi connectivity index (χ0) is 28.5. The Kier molecular flexibility index (Phi) is 7.46. The van der Waals surface area contributed by atoms with E-state index in [2.05, 4.69) is 10.6 Å². The summed E-state index contributed by atoms with van der Waals surface area (Å²) in [5.41, 5.74) is -0.392. The van der Waals surface area contributed by atoms with Crippen LogP contribution >= 0.6 is 0 Å². The Labute approximate surface area is 222 Å². The van der Waals surface area contributed by atoms with Gasteiger partial charge >= 0.3 is 6.18 Å². The zero-order valence-electron chi connectivity index (χ0n) is 21.0. The maximum Gasteiger partial charge on any atom is 0.416 e. The molecule has 1 saturated carbocycles. The van der Waals surface area contributed by atoms with E-state index < -0.39 is 47.3 Å². The van der Waals surface area contributed by atoms with Gasteiger partial charge in [-0.15, -0.1) is 0 Å². The van der Waals surface area contributed by atoms with Gasteiger partial charge < -0.3 is 10.6 Å². The summed E-state index contributed by atoms with van der Waals surface area (Å²) in [6.07, 6.45) is -3.03. The molecule has 2 aromatic carbocycles. The summed E-state index contributed by atoms with van der Waals surface area (Å²) in [6.45, 7) is 2.88. The molecule has 3 atom stereocenters. The van der Waals surface area contributed by atoms with Gasteiger partial charge in [-0.2, -0.15) is 23.7 Å². The number of alkyl halides is 3. The molecule has 2 aliphatic rings. The third kappa shape index (κ3) is 5.63. The summed E-state index contributed by atoms with van der Waals surface area (Å²) in [7, 11) is 0. The minimum Gasteiger partial charge on any atom is -0.352 e. The molecule has 3 amide bonds. The first kappa shape index (κ1) is 27.4. The molecule has 1 aliphatic carbocycles. The molecule has 0 bridgehead atoms. The third-order valence-electron chi connectivity index (χ3n) is 6.77. The van der Waals surface area contributed by atoms with Crippen LogP contribution in [0.2, 0.25) is 0 Å². The first-order valence-corrected chi connectivity index (χ1v) is 12.2. The molecule has 0 aromatic heterocycles. The van der Waals surface area contributed by atoms with Crippen LogP contribution in [0.3, 0.4) is 0 Å². The molecule has 4 rings (SSSR count). The molecule has 1 aliphatic heterocycles. The maximum atomic E-state index is 13.9. The molecule has 0 radical (unpaired) electrons. The molecule has 2 aromatic rings. The van der Waals surface area contributed by atoms with Crippen LogP contribution in [0.4, 0.5) is 18.9 Å². The van der Waals surface area contributed by atoms with Crippen molar-refractivity contribution in [3.05, 3.63) is 76.5 Å². The number of rotatable bonds is 6. The van der Waals surface area contributed by atoms with Crippen molar-refractivity contribution in [2.75, 3.05) is 4.90 Å². The Bertz CT molecular complexity index is 1430. The second-order valence-corrected chi connectivity index (χ2v) is 9.53. The lowest BCUT2D eigenvalue weighted by Gasteiger charge is -2.38. The Balaban J connectivity index is 1.80.